The van der Waals surface area contributed by atoms with E-state index in [-0.39, 0.29) is 6.10 Å². The molecule has 0 spiro atoms. The van der Waals surface area contributed by atoms with Crippen molar-refractivity contribution in [1.29, 1.82) is 0 Å². The van der Waals surface area contributed by atoms with Gasteiger partial charge in [0.1, 0.15) is 0 Å². The number of hydrogen-bond acceptors (Lipinski definition) is 3. The lowest BCUT2D eigenvalue weighted by molar-refractivity contribution is -0.0459. The largest absolute Gasteiger partial charge is 0.389 e. The van der Waals surface area contributed by atoms with Crippen LogP contribution in [0.2, 0.25) is 0 Å². The van der Waals surface area contributed by atoms with E-state index in [0.29, 0.717) is 31.2 Å². The summed E-state index contributed by atoms with van der Waals surface area (Å²) < 4.78 is 5.95. The van der Waals surface area contributed by atoms with Gasteiger partial charge in [0.05, 0.1) is 18.8 Å². The van der Waals surface area contributed by atoms with Crippen LogP contribution in [0.15, 0.2) is 0 Å². The van der Waals surface area contributed by atoms with Gasteiger partial charge in [-0.3, -0.25) is 0 Å². The zero-order valence-electron chi connectivity index (χ0n) is 14.0. The van der Waals surface area contributed by atoms with Crippen molar-refractivity contribution in [2.75, 3.05) is 13.2 Å². The van der Waals surface area contributed by atoms with Crippen molar-refractivity contribution < 1.29 is 9.84 Å². The second-order valence-electron chi connectivity index (χ2n) is 7.33. The molecule has 5 atom stereocenters. The van der Waals surface area contributed by atoms with Gasteiger partial charge in [0.2, 0.25) is 0 Å². The van der Waals surface area contributed by atoms with Crippen molar-refractivity contribution in [2.24, 2.45) is 11.8 Å². The van der Waals surface area contributed by atoms with E-state index in [1.807, 2.05) is 0 Å². The molecule has 0 radical (unpaired) electrons. The van der Waals surface area contributed by atoms with Gasteiger partial charge in [-0.25, -0.2) is 0 Å². The lowest BCUT2D eigenvalue weighted by Gasteiger charge is -2.31. The Labute approximate surface area is 130 Å². The fourth-order valence-corrected chi connectivity index (χ4v) is 3.97. The first kappa shape index (κ1) is 17.2. The number of rotatable bonds is 7. The molecular weight excluding hydrogens is 262 g/mol. The molecule has 0 saturated heterocycles. The standard InChI is InChI=1S/C18H35NO2/c1-3-15-8-6-9-16(11-15)19-12-17(20)13-21-18-10-5-4-7-14(18)2/h14-20H,3-13H2,1-2H3. The van der Waals surface area contributed by atoms with E-state index >= 15 is 0 Å². The van der Waals surface area contributed by atoms with Crippen molar-refractivity contribution in [3.05, 3.63) is 0 Å². The quantitative estimate of drug-likeness (QED) is 0.755. The van der Waals surface area contributed by atoms with E-state index in [1.165, 1.54) is 57.8 Å². The van der Waals surface area contributed by atoms with Crippen molar-refractivity contribution in [3.63, 3.8) is 0 Å². The van der Waals surface area contributed by atoms with Crippen LogP contribution in [0.1, 0.15) is 71.6 Å². The highest BCUT2D eigenvalue weighted by Gasteiger charge is 2.24. The summed E-state index contributed by atoms with van der Waals surface area (Å²) in [5, 5.41) is 13.7. The number of aliphatic hydroxyl groups excluding tert-OH is 1. The number of nitrogens with one attached hydrogen (secondary N) is 1. The average Bonchev–Trinajstić information content (AvgIpc) is 2.52. The van der Waals surface area contributed by atoms with Crippen LogP contribution in [0.3, 0.4) is 0 Å². The van der Waals surface area contributed by atoms with Crippen molar-refractivity contribution in [3.8, 4) is 0 Å². The van der Waals surface area contributed by atoms with Gasteiger partial charge >= 0.3 is 0 Å². The first-order valence-corrected chi connectivity index (χ1v) is 9.22. The van der Waals surface area contributed by atoms with E-state index in [9.17, 15) is 5.11 Å². The van der Waals surface area contributed by atoms with Gasteiger partial charge in [-0.1, -0.05) is 46.0 Å². The molecular formula is C18H35NO2. The van der Waals surface area contributed by atoms with Gasteiger partial charge in [-0.15, -0.1) is 0 Å². The van der Waals surface area contributed by atoms with Crippen molar-refractivity contribution >= 4 is 0 Å². The van der Waals surface area contributed by atoms with Gasteiger partial charge in [-0.05, 0) is 37.5 Å². The smallest absolute Gasteiger partial charge is 0.0897 e. The second-order valence-corrected chi connectivity index (χ2v) is 7.33. The molecule has 0 amide bonds. The molecule has 0 bridgehead atoms. The van der Waals surface area contributed by atoms with Crippen LogP contribution in [-0.4, -0.2) is 36.5 Å². The molecule has 2 fully saturated rings. The van der Waals surface area contributed by atoms with Crippen LogP contribution in [0.25, 0.3) is 0 Å². The number of aliphatic hydroxyl groups is 1. The third-order valence-corrected chi connectivity index (χ3v) is 5.54. The molecule has 2 rings (SSSR count). The minimum Gasteiger partial charge on any atom is -0.389 e. The highest BCUT2D eigenvalue weighted by atomic mass is 16.5. The third kappa shape index (κ3) is 5.88. The Morgan fingerprint density at radius 3 is 2.71 bits per heavy atom. The fourth-order valence-electron chi connectivity index (χ4n) is 3.97. The Morgan fingerprint density at radius 2 is 1.95 bits per heavy atom. The molecule has 5 unspecified atom stereocenters. The van der Waals surface area contributed by atoms with Gasteiger partial charge in [0.25, 0.3) is 0 Å². The maximum atomic E-state index is 10.1. The van der Waals surface area contributed by atoms with Crippen LogP contribution in [0, 0.1) is 11.8 Å². The number of hydrogen-bond donors (Lipinski definition) is 2. The van der Waals surface area contributed by atoms with Crippen LogP contribution in [0.5, 0.6) is 0 Å². The summed E-state index contributed by atoms with van der Waals surface area (Å²) in [6.45, 7) is 5.75. The molecule has 3 heteroatoms. The third-order valence-electron chi connectivity index (χ3n) is 5.54. The van der Waals surface area contributed by atoms with Crippen LogP contribution < -0.4 is 5.32 Å². The van der Waals surface area contributed by atoms with E-state index < -0.39 is 0 Å². The van der Waals surface area contributed by atoms with Gasteiger partial charge in [-0.2, -0.15) is 0 Å². The highest BCUT2D eigenvalue weighted by molar-refractivity contribution is 4.79. The maximum Gasteiger partial charge on any atom is 0.0897 e. The Hall–Kier alpha value is -0.120. The molecule has 2 aliphatic rings. The molecule has 21 heavy (non-hydrogen) atoms. The molecule has 2 saturated carbocycles. The summed E-state index contributed by atoms with van der Waals surface area (Å²) >= 11 is 0. The summed E-state index contributed by atoms with van der Waals surface area (Å²) in [6.07, 6.45) is 11.6. The Kier molecular flexibility index (Phi) is 7.48. The fraction of sp³-hybridized carbons (Fsp3) is 1.00. The minimum atomic E-state index is -0.360. The first-order valence-electron chi connectivity index (χ1n) is 9.22. The predicted octanol–water partition coefficient (Wildman–Crippen LogP) is 3.50. The van der Waals surface area contributed by atoms with Gasteiger partial charge in [0.15, 0.2) is 0 Å². The molecule has 2 N–H and O–H groups in total. The van der Waals surface area contributed by atoms with E-state index in [0.717, 1.165) is 5.92 Å². The Bertz CT molecular complexity index is 284. The average molecular weight is 297 g/mol. The van der Waals surface area contributed by atoms with Crippen molar-refractivity contribution in [2.45, 2.75) is 89.9 Å². The van der Waals surface area contributed by atoms with E-state index in [2.05, 4.69) is 19.2 Å². The minimum absolute atomic E-state index is 0.360. The zero-order chi connectivity index (χ0) is 15.1. The van der Waals surface area contributed by atoms with E-state index in [4.69, 9.17) is 4.74 Å². The van der Waals surface area contributed by atoms with Crippen LogP contribution in [0.4, 0.5) is 0 Å². The Balaban J connectivity index is 1.59. The SMILES string of the molecule is CCC1CCCC(NCC(O)COC2CCCCC2C)C1. The summed E-state index contributed by atoms with van der Waals surface area (Å²) in [6, 6.07) is 0.604. The summed E-state index contributed by atoms with van der Waals surface area (Å²) in [4.78, 5) is 0. The monoisotopic (exact) mass is 297 g/mol. The van der Waals surface area contributed by atoms with Crippen LogP contribution in [-0.2, 0) is 4.74 Å². The maximum absolute atomic E-state index is 10.1. The number of ether oxygens (including phenoxy) is 1. The lowest BCUT2D eigenvalue weighted by Crippen LogP contribution is -2.41. The van der Waals surface area contributed by atoms with E-state index in [1.54, 1.807) is 0 Å². The molecule has 124 valence electrons. The van der Waals surface area contributed by atoms with Crippen LogP contribution >= 0.6 is 0 Å². The second kappa shape index (κ2) is 9.12. The predicted molar refractivity (Wildman–Crippen MR) is 87.4 cm³/mol. The van der Waals surface area contributed by atoms with Crippen molar-refractivity contribution in [1.82, 2.24) is 5.32 Å². The molecule has 3 nitrogen and oxygen atoms in total. The molecule has 0 aromatic carbocycles. The molecule has 2 aliphatic carbocycles. The molecule has 0 aromatic heterocycles. The Morgan fingerprint density at radius 1 is 1.14 bits per heavy atom. The molecule has 0 heterocycles. The lowest BCUT2D eigenvalue weighted by atomic mass is 9.84. The summed E-state index contributed by atoms with van der Waals surface area (Å²) in [5.74, 6) is 1.54. The molecule has 0 aliphatic heterocycles. The molecule has 0 aromatic rings. The van der Waals surface area contributed by atoms with Gasteiger partial charge in [0, 0.05) is 12.6 Å². The normalized spacial score (nSPS) is 35.6. The summed E-state index contributed by atoms with van der Waals surface area (Å²) in [5.41, 5.74) is 0. The first-order chi connectivity index (χ1) is 10.2. The summed E-state index contributed by atoms with van der Waals surface area (Å²) in [7, 11) is 0. The van der Waals surface area contributed by atoms with Gasteiger partial charge < -0.3 is 15.2 Å². The highest BCUT2D eigenvalue weighted by Crippen LogP contribution is 2.27. The topological polar surface area (TPSA) is 41.5 Å². The zero-order valence-corrected chi connectivity index (χ0v) is 14.0.